The molecule has 2 aromatic rings. The van der Waals surface area contributed by atoms with Crippen molar-refractivity contribution < 1.29 is 9.59 Å². The number of hydrogen-bond donors (Lipinski definition) is 2. The third-order valence-corrected chi connectivity index (χ3v) is 5.28. The maximum absolute atomic E-state index is 12.5. The Kier molecular flexibility index (Phi) is 6.50. The number of carbonyl (C=O) groups is 2. The van der Waals surface area contributed by atoms with Crippen molar-refractivity contribution in [2.75, 3.05) is 6.54 Å². The van der Waals surface area contributed by atoms with E-state index in [2.05, 4.69) is 15.6 Å². The van der Waals surface area contributed by atoms with Crippen molar-refractivity contribution in [3.63, 3.8) is 0 Å². The van der Waals surface area contributed by atoms with Crippen LogP contribution in [0.2, 0.25) is 5.02 Å². The number of nitrogens with zero attached hydrogens (tertiary/aromatic N) is 2. The highest BCUT2D eigenvalue weighted by molar-refractivity contribution is 6.30. The van der Waals surface area contributed by atoms with Gasteiger partial charge in [0.25, 0.3) is 0 Å². The molecule has 3 rings (SSSR count). The van der Waals surface area contributed by atoms with Gasteiger partial charge in [0.15, 0.2) is 0 Å². The van der Waals surface area contributed by atoms with Gasteiger partial charge in [-0.1, -0.05) is 43.0 Å². The molecule has 1 atom stereocenters. The lowest BCUT2D eigenvalue weighted by Gasteiger charge is -2.22. The molecule has 144 valence electrons. The highest BCUT2D eigenvalue weighted by atomic mass is 35.5. The van der Waals surface area contributed by atoms with Crippen LogP contribution in [0, 0.1) is 5.92 Å². The largest absolute Gasteiger partial charge is 0.347 e. The van der Waals surface area contributed by atoms with Crippen molar-refractivity contribution in [1.29, 1.82) is 0 Å². The summed E-state index contributed by atoms with van der Waals surface area (Å²) in [7, 11) is 1.88. The molecule has 0 bridgehead atoms. The summed E-state index contributed by atoms with van der Waals surface area (Å²) in [6.45, 7) is -0.0379. The third-order valence-electron chi connectivity index (χ3n) is 5.02. The molecule has 2 N–H and O–H groups in total. The molecule has 0 saturated heterocycles. The van der Waals surface area contributed by atoms with Crippen LogP contribution in [0.15, 0.2) is 36.7 Å². The predicted molar refractivity (Wildman–Crippen MR) is 104 cm³/mol. The number of nitrogens with one attached hydrogen (secondary N) is 2. The summed E-state index contributed by atoms with van der Waals surface area (Å²) >= 11 is 5.98. The molecule has 0 radical (unpaired) electrons. The van der Waals surface area contributed by atoms with E-state index in [0.717, 1.165) is 31.2 Å². The highest BCUT2D eigenvalue weighted by Gasteiger charge is 2.23. The van der Waals surface area contributed by atoms with Crippen LogP contribution in [0.1, 0.15) is 49.5 Å². The monoisotopic (exact) mass is 388 g/mol. The van der Waals surface area contributed by atoms with Crippen LogP contribution in [-0.4, -0.2) is 27.9 Å². The number of amides is 2. The van der Waals surface area contributed by atoms with Crippen LogP contribution in [0.25, 0.3) is 0 Å². The van der Waals surface area contributed by atoms with Gasteiger partial charge >= 0.3 is 0 Å². The second-order valence-corrected chi connectivity index (χ2v) is 7.44. The van der Waals surface area contributed by atoms with Crippen LogP contribution in [0.5, 0.6) is 0 Å². The van der Waals surface area contributed by atoms with Gasteiger partial charge in [0.1, 0.15) is 11.9 Å². The van der Waals surface area contributed by atoms with E-state index in [1.54, 1.807) is 18.3 Å². The standard InChI is InChI=1S/C20H25ClN4O2/c1-25-12-11-22-19(25)18(14-7-9-16(21)10-8-14)24-17(26)13-23-20(27)15-5-3-2-4-6-15/h7-12,15,18H,2-6,13H2,1H3,(H,23,27)(H,24,26). The SMILES string of the molecule is Cn1ccnc1C(NC(=O)CNC(=O)C1CCCCC1)c1ccc(Cl)cc1. The number of benzene rings is 1. The Balaban J connectivity index is 1.65. The van der Waals surface area contributed by atoms with Gasteiger partial charge in [-0.05, 0) is 30.5 Å². The molecule has 7 heteroatoms. The van der Waals surface area contributed by atoms with Crippen LogP contribution >= 0.6 is 11.6 Å². The van der Waals surface area contributed by atoms with E-state index in [0.29, 0.717) is 10.8 Å². The Morgan fingerprint density at radius 2 is 1.93 bits per heavy atom. The van der Waals surface area contributed by atoms with E-state index >= 15 is 0 Å². The Morgan fingerprint density at radius 1 is 1.22 bits per heavy atom. The van der Waals surface area contributed by atoms with Crippen LogP contribution in [-0.2, 0) is 16.6 Å². The molecule has 2 amide bonds. The number of aromatic nitrogens is 2. The van der Waals surface area contributed by atoms with Gasteiger partial charge in [-0.3, -0.25) is 9.59 Å². The van der Waals surface area contributed by atoms with Gasteiger partial charge in [-0.15, -0.1) is 0 Å². The Labute approximate surface area is 164 Å². The molecule has 1 fully saturated rings. The maximum Gasteiger partial charge on any atom is 0.240 e. The van der Waals surface area contributed by atoms with E-state index in [-0.39, 0.29) is 24.3 Å². The smallest absolute Gasteiger partial charge is 0.240 e. The molecule has 0 aliphatic heterocycles. The first-order chi connectivity index (χ1) is 13.0. The molecule has 0 spiro atoms. The normalized spacial score (nSPS) is 15.9. The summed E-state index contributed by atoms with van der Waals surface area (Å²) in [4.78, 5) is 29.1. The van der Waals surface area contributed by atoms with E-state index in [9.17, 15) is 9.59 Å². The first kappa shape index (κ1) is 19.4. The van der Waals surface area contributed by atoms with Crippen LogP contribution in [0.4, 0.5) is 0 Å². The molecule has 27 heavy (non-hydrogen) atoms. The predicted octanol–water partition coefficient (Wildman–Crippen LogP) is 2.98. The Bertz CT molecular complexity index is 782. The van der Waals surface area contributed by atoms with E-state index in [1.165, 1.54) is 6.42 Å². The van der Waals surface area contributed by atoms with Crippen molar-refractivity contribution >= 4 is 23.4 Å². The minimum absolute atomic E-state index is 0.0233. The Hall–Kier alpha value is -2.34. The molecule has 1 heterocycles. The summed E-state index contributed by atoms with van der Waals surface area (Å²) in [6, 6.07) is 6.88. The van der Waals surface area contributed by atoms with E-state index in [4.69, 9.17) is 11.6 Å². The molecule has 1 aliphatic carbocycles. The molecule has 1 aliphatic rings. The molecule has 1 unspecified atom stereocenters. The quantitative estimate of drug-likeness (QED) is 0.798. The van der Waals surface area contributed by atoms with Gasteiger partial charge in [0.2, 0.25) is 11.8 Å². The maximum atomic E-state index is 12.5. The van der Waals surface area contributed by atoms with Crippen molar-refractivity contribution in [2.24, 2.45) is 13.0 Å². The number of aryl methyl sites for hydroxylation is 1. The van der Waals surface area contributed by atoms with Crippen LogP contribution < -0.4 is 10.6 Å². The average Bonchev–Trinajstić information content (AvgIpc) is 3.11. The topological polar surface area (TPSA) is 76.0 Å². The zero-order valence-electron chi connectivity index (χ0n) is 15.5. The van der Waals surface area contributed by atoms with Crippen molar-refractivity contribution in [2.45, 2.75) is 38.1 Å². The van der Waals surface area contributed by atoms with Crippen molar-refractivity contribution in [3.8, 4) is 0 Å². The highest BCUT2D eigenvalue weighted by Crippen LogP contribution is 2.24. The fourth-order valence-corrected chi connectivity index (χ4v) is 3.62. The first-order valence-electron chi connectivity index (χ1n) is 9.34. The lowest BCUT2D eigenvalue weighted by Crippen LogP contribution is -2.41. The fraction of sp³-hybridized carbons (Fsp3) is 0.450. The number of imidazole rings is 1. The summed E-state index contributed by atoms with van der Waals surface area (Å²) < 4.78 is 1.86. The minimum atomic E-state index is -0.415. The summed E-state index contributed by atoms with van der Waals surface area (Å²) in [6.07, 6.45) is 8.70. The first-order valence-corrected chi connectivity index (χ1v) is 9.72. The number of carbonyl (C=O) groups excluding carboxylic acids is 2. The molecular weight excluding hydrogens is 364 g/mol. The Morgan fingerprint density at radius 3 is 2.56 bits per heavy atom. The lowest BCUT2D eigenvalue weighted by atomic mass is 9.89. The van der Waals surface area contributed by atoms with Gasteiger partial charge in [0, 0.05) is 30.4 Å². The number of halogens is 1. The number of rotatable bonds is 6. The summed E-state index contributed by atoms with van der Waals surface area (Å²) in [5.41, 5.74) is 0.876. The van der Waals surface area contributed by atoms with Gasteiger partial charge in [-0.2, -0.15) is 0 Å². The van der Waals surface area contributed by atoms with Crippen molar-refractivity contribution in [1.82, 2.24) is 20.2 Å². The van der Waals surface area contributed by atoms with Crippen LogP contribution in [0.3, 0.4) is 0 Å². The number of hydrogen-bond acceptors (Lipinski definition) is 3. The molecule has 6 nitrogen and oxygen atoms in total. The fourth-order valence-electron chi connectivity index (χ4n) is 3.50. The third kappa shape index (κ3) is 5.10. The molecular formula is C20H25ClN4O2. The summed E-state index contributed by atoms with van der Waals surface area (Å²) in [5.74, 6) is 0.476. The van der Waals surface area contributed by atoms with E-state index in [1.807, 2.05) is 29.9 Å². The van der Waals surface area contributed by atoms with Gasteiger partial charge in [0.05, 0.1) is 6.54 Å². The average molecular weight is 389 g/mol. The molecule has 1 saturated carbocycles. The van der Waals surface area contributed by atoms with Gasteiger partial charge < -0.3 is 15.2 Å². The van der Waals surface area contributed by atoms with E-state index < -0.39 is 6.04 Å². The van der Waals surface area contributed by atoms with Gasteiger partial charge in [-0.25, -0.2) is 4.98 Å². The summed E-state index contributed by atoms with van der Waals surface area (Å²) in [5, 5.41) is 6.38. The lowest BCUT2D eigenvalue weighted by molar-refractivity contribution is -0.129. The van der Waals surface area contributed by atoms with Crippen molar-refractivity contribution in [3.05, 3.63) is 53.1 Å². The molecule has 1 aromatic carbocycles. The zero-order chi connectivity index (χ0) is 19.2. The molecule has 1 aromatic heterocycles. The minimum Gasteiger partial charge on any atom is -0.347 e. The second-order valence-electron chi connectivity index (χ2n) is 7.00. The zero-order valence-corrected chi connectivity index (χ0v) is 16.2. The second kappa shape index (κ2) is 9.04.